The van der Waals surface area contributed by atoms with Crippen LogP contribution in [0.25, 0.3) is 11.0 Å². The van der Waals surface area contributed by atoms with Crippen molar-refractivity contribution in [3.8, 4) is 0 Å². The first kappa shape index (κ1) is 20.4. The number of aromatic nitrogens is 2. The highest BCUT2D eigenvalue weighted by atomic mass is 16.5. The lowest BCUT2D eigenvalue weighted by molar-refractivity contribution is -0.143. The third-order valence-corrected chi connectivity index (χ3v) is 4.76. The zero-order valence-corrected chi connectivity index (χ0v) is 16.6. The predicted molar refractivity (Wildman–Crippen MR) is 110 cm³/mol. The summed E-state index contributed by atoms with van der Waals surface area (Å²) in [5.74, 6) is -0.731. The molecule has 0 bridgehead atoms. The number of amides is 1. The van der Waals surface area contributed by atoms with Crippen molar-refractivity contribution in [2.75, 3.05) is 6.61 Å². The molecule has 0 saturated carbocycles. The van der Waals surface area contributed by atoms with Gasteiger partial charge in [-0.1, -0.05) is 42.5 Å². The number of benzene rings is 2. The molecule has 0 aliphatic rings. The number of imidazole rings is 1. The Labute approximate surface area is 168 Å². The van der Waals surface area contributed by atoms with E-state index in [0.717, 1.165) is 11.1 Å². The van der Waals surface area contributed by atoms with Gasteiger partial charge in [0.05, 0.1) is 30.1 Å². The molecule has 3 rings (SSSR count). The summed E-state index contributed by atoms with van der Waals surface area (Å²) >= 11 is 0. The highest BCUT2D eigenvalue weighted by Gasteiger charge is 2.21. The molecule has 3 aromatic rings. The fourth-order valence-electron chi connectivity index (χ4n) is 3.44. The molecule has 1 amide bonds. The Morgan fingerprint density at radius 1 is 0.966 bits per heavy atom. The summed E-state index contributed by atoms with van der Waals surface area (Å²) < 4.78 is 8.13. The molecule has 1 heterocycles. The third kappa shape index (κ3) is 4.56. The molecule has 152 valence electrons. The molecule has 0 radical (unpaired) electrons. The van der Waals surface area contributed by atoms with Crippen molar-refractivity contribution < 1.29 is 14.3 Å². The Morgan fingerprint density at radius 2 is 1.59 bits per heavy atom. The minimum atomic E-state index is -0.530. The molecule has 0 fully saturated rings. The number of aryl methyl sites for hydroxylation is 1. The van der Waals surface area contributed by atoms with Crippen LogP contribution < -0.4 is 11.0 Å². The van der Waals surface area contributed by atoms with Gasteiger partial charge in [-0.05, 0) is 31.5 Å². The van der Waals surface area contributed by atoms with E-state index < -0.39 is 6.04 Å². The van der Waals surface area contributed by atoms with E-state index in [1.807, 2.05) is 61.5 Å². The first-order chi connectivity index (χ1) is 14.0. The van der Waals surface area contributed by atoms with Crippen molar-refractivity contribution in [2.45, 2.75) is 39.4 Å². The molecule has 0 aliphatic heterocycles. The van der Waals surface area contributed by atoms with Crippen LogP contribution in [0.3, 0.4) is 0 Å². The number of rotatable bonds is 8. The number of nitrogens with zero attached hydrogens (tertiary/aromatic N) is 2. The van der Waals surface area contributed by atoms with E-state index >= 15 is 0 Å². The van der Waals surface area contributed by atoms with Crippen molar-refractivity contribution in [1.29, 1.82) is 0 Å². The first-order valence-corrected chi connectivity index (χ1v) is 9.73. The van der Waals surface area contributed by atoms with Crippen LogP contribution in [0, 0.1) is 0 Å². The maximum atomic E-state index is 12.8. The highest BCUT2D eigenvalue weighted by molar-refractivity contribution is 5.81. The van der Waals surface area contributed by atoms with E-state index in [1.165, 1.54) is 4.57 Å². The van der Waals surface area contributed by atoms with Gasteiger partial charge < -0.3 is 10.1 Å². The molecule has 1 unspecified atom stereocenters. The SMILES string of the molecule is CCOC(=O)CC(NC(=O)Cn1c(=O)n(CC)c2ccccc21)c1ccccc1. The number of esters is 1. The number of para-hydroxylation sites is 2. The second-order valence-corrected chi connectivity index (χ2v) is 6.64. The van der Waals surface area contributed by atoms with Gasteiger partial charge in [0.15, 0.2) is 0 Å². The van der Waals surface area contributed by atoms with Gasteiger partial charge in [0.2, 0.25) is 5.91 Å². The summed E-state index contributed by atoms with van der Waals surface area (Å²) in [4.78, 5) is 37.5. The van der Waals surface area contributed by atoms with E-state index in [-0.39, 0.29) is 37.1 Å². The Bertz CT molecular complexity index is 1050. The van der Waals surface area contributed by atoms with Gasteiger partial charge in [0.25, 0.3) is 0 Å². The average Bonchev–Trinajstić information content (AvgIpc) is 2.99. The second kappa shape index (κ2) is 9.23. The minimum Gasteiger partial charge on any atom is -0.466 e. The summed E-state index contributed by atoms with van der Waals surface area (Å²) in [5.41, 5.74) is 2.07. The zero-order chi connectivity index (χ0) is 20.8. The highest BCUT2D eigenvalue weighted by Crippen LogP contribution is 2.18. The van der Waals surface area contributed by atoms with Crippen molar-refractivity contribution >= 4 is 22.9 Å². The van der Waals surface area contributed by atoms with Gasteiger partial charge in [-0.15, -0.1) is 0 Å². The van der Waals surface area contributed by atoms with E-state index in [0.29, 0.717) is 12.1 Å². The van der Waals surface area contributed by atoms with Crippen LogP contribution in [-0.4, -0.2) is 27.6 Å². The number of nitrogens with one attached hydrogen (secondary N) is 1. The van der Waals surface area contributed by atoms with Gasteiger partial charge in [-0.25, -0.2) is 4.79 Å². The summed E-state index contributed by atoms with van der Waals surface area (Å²) in [6.07, 6.45) is 0.0230. The van der Waals surface area contributed by atoms with Crippen LogP contribution in [0.15, 0.2) is 59.4 Å². The number of hydrogen-bond acceptors (Lipinski definition) is 4. The fourth-order valence-corrected chi connectivity index (χ4v) is 3.44. The summed E-state index contributed by atoms with van der Waals surface area (Å²) in [7, 11) is 0. The van der Waals surface area contributed by atoms with Crippen molar-refractivity contribution in [3.63, 3.8) is 0 Å². The van der Waals surface area contributed by atoms with Gasteiger partial charge in [-0.2, -0.15) is 0 Å². The van der Waals surface area contributed by atoms with Crippen molar-refractivity contribution in [3.05, 3.63) is 70.6 Å². The first-order valence-electron chi connectivity index (χ1n) is 9.73. The molecule has 0 aliphatic carbocycles. The number of carbonyl (C=O) groups is 2. The zero-order valence-electron chi connectivity index (χ0n) is 16.6. The normalized spacial score (nSPS) is 11.9. The Hall–Kier alpha value is -3.35. The lowest BCUT2D eigenvalue weighted by Gasteiger charge is -2.18. The molecule has 1 N–H and O–H groups in total. The number of carbonyl (C=O) groups excluding carboxylic acids is 2. The largest absolute Gasteiger partial charge is 0.466 e. The maximum Gasteiger partial charge on any atom is 0.329 e. The lowest BCUT2D eigenvalue weighted by Crippen LogP contribution is -2.36. The molecule has 0 saturated heterocycles. The van der Waals surface area contributed by atoms with Gasteiger partial charge >= 0.3 is 11.7 Å². The number of ether oxygens (including phenoxy) is 1. The standard InChI is InChI=1S/C22H25N3O4/c1-3-24-18-12-8-9-13-19(18)25(22(24)28)15-20(26)23-17(14-21(27)29-4-2)16-10-6-5-7-11-16/h5-13,17H,3-4,14-15H2,1-2H3,(H,23,26). The molecule has 7 nitrogen and oxygen atoms in total. The van der Waals surface area contributed by atoms with Gasteiger partial charge in [0, 0.05) is 6.54 Å². The molecule has 1 atom stereocenters. The molecule has 2 aromatic carbocycles. The monoisotopic (exact) mass is 395 g/mol. The second-order valence-electron chi connectivity index (χ2n) is 6.64. The minimum absolute atomic E-state index is 0.0230. The summed E-state index contributed by atoms with van der Waals surface area (Å²) in [6.45, 7) is 4.30. The smallest absolute Gasteiger partial charge is 0.329 e. The van der Waals surface area contributed by atoms with Crippen LogP contribution in [0.2, 0.25) is 0 Å². The Kier molecular flexibility index (Phi) is 6.49. The van der Waals surface area contributed by atoms with Crippen LogP contribution >= 0.6 is 0 Å². The Balaban J connectivity index is 1.84. The summed E-state index contributed by atoms with van der Waals surface area (Å²) in [5, 5.41) is 2.88. The third-order valence-electron chi connectivity index (χ3n) is 4.76. The maximum absolute atomic E-state index is 12.8. The van der Waals surface area contributed by atoms with Crippen molar-refractivity contribution in [1.82, 2.24) is 14.5 Å². The quantitative estimate of drug-likeness (QED) is 0.595. The van der Waals surface area contributed by atoms with E-state index in [4.69, 9.17) is 4.74 Å². The average molecular weight is 395 g/mol. The molecular formula is C22H25N3O4. The number of hydrogen-bond donors (Lipinski definition) is 1. The van der Waals surface area contributed by atoms with Gasteiger partial charge in [0.1, 0.15) is 6.54 Å². The lowest BCUT2D eigenvalue weighted by atomic mass is 10.0. The topological polar surface area (TPSA) is 82.3 Å². The van der Waals surface area contributed by atoms with Crippen molar-refractivity contribution in [2.24, 2.45) is 0 Å². The molecule has 7 heteroatoms. The Morgan fingerprint density at radius 3 is 2.21 bits per heavy atom. The van der Waals surface area contributed by atoms with Crippen LogP contribution in [0.5, 0.6) is 0 Å². The van der Waals surface area contributed by atoms with Crippen LogP contribution in [-0.2, 0) is 27.4 Å². The van der Waals surface area contributed by atoms with E-state index in [1.54, 1.807) is 11.5 Å². The molecule has 29 heavy (non-hydrogen) atoms. The van der Waals surface area contributed by atoms with E-state index in [2.05, 4.69) is 5.32 Å². The molecular weight excluding hydrogens is 370 g/mol. The van der Waals surface area contributed by atoms with Crippen LogP contribution in [0.4, 0.5) is 0 Å². The van der Waals surface area contributed by atoms with Gasteiger partial charge in [-0.3, -0.25) is 18.7 Å². The van der Waals surface area contributed by atoms with E-state index in [9.17, 15) is 14.4 Å². The molecule has 1 aromatic heterocycles. The number of fused-ring (bicyclic) bond motifs is 1. The predicted octanol–water partition coefficient (Wildman–Crippen LogP) is 2.63. The summed E-state index contributed by atoms with van der Waals surface area (Å²) in [6, 6.07) is 16.1. The molecule has 0 spiro atoms. The fraction of sp³-hybridized carbons (Fsp3) is 0.318. The van der Waals surface area contributed by atoms with Crippen LogP contribution in [0.1, 0.15) is 31.9 Å².